The van der Waals surface area contributed by atoms with Gasteiger partial charge in [0, 0.05) is 12.6 Å². The number of nitrogens with zero attached hydrogens (tertiary/aromatic N) is 1. The highest BCUT2D eigenvalue weighted by molar-refractivity contribution is 7.92. The Labute approximate surface area is 205 Å². The minimum atomic E-state index is -4.74. The van der Waals surface area contributed by atoms with Crippen LogP contribution in [0.15, 0.2) is 71.6 Å². The Bertz CT molecular complexity index is 1330. The second-order valence-electron chi connectivity index (χ2n) is 7.48. The Kier molecular flexibility index (Phi) is 8.08. The largest absolute Gasteiger partial charge is 0.493 e. The topological polar surface area (TPSA) is 84.9 Å². The van der Waals surface area contributed by atoms with Crippen LogP contribution in [-0.4, -0.2) is 35.1 Å². The van der Waals surface area contributed by atoms with Gasteiger partial charge in [0.2, 0.25) is 5.91 Å². The number of ether oxygens (including phenoxy) is 2. The molecule has 0 radical (unpaired) electrons. The highest BCUT2D eigenvalue weighted by atomic mass is 32.2. The Morgan fingerprint density at radius 1 is 0.944 bits per heavy atom. The van der Waals surface area contributed by atoms with E-state index in [0.29, 0.717) is 15.9 Å². The number of rotatable bonds is 9. The number of halogens is 4. The summed E-state index contributed by atoms with van der Waals surface area (Å²) < 4.78 is 91.0. The predicted octanol–water partition coefficient (Wildman–Crippen LogP) is 4.37. The molecule has 0 heterocycles. The molecule has 0 saturated heterocycles. The Morgan fingerprint density at radius 3 is 2.22 bits per heavy atom. The summed E-state index contributed by atoms with van der Waals surface area (Å²) in [5, 5.41) is 2.49. The molecular weight excluding hydrogens is 504 g/mol. The molecule has 0 spiro atoms. The summed E-state index contributed by atoms with van der Waals surface area (Å²) in [7, 11) is -1.89. The van der Waals surface area contributed by atoms with Crippen molar-refractivity contribution < 1.29 is 40.2 Å². The Hall–Kier alpha value is -3.80. The second kappa shape index (κ2) is 10.9. The van der Waals surface area contributed by atoms with Crippen molar-refractivity contribution in [1.29, 1.82) is 0 Å². The highest BCUT2D eigenvalue weighted by Crippen LogP contribution is 2.35. The van der Waals surface area contributed by atoms with Crippen LogP contribution < -0.4 is 19.1 Å². The van der Waals surface area contributed by atoms with Crippen molar-refractivity contribution >= 4 is 21.6 Å². The third-order valence-electron chi connectivity index (χ3n) is 5.09. The lowest BCUT2D eigenvalue weighted by Gasteiger charge is -2.25. The molecule has 1 amide bonds. The molecule has 0 aromatic heterocycles. The number of carbonyl (C=O) groups is 1. The van der Waals surface area contributed by atoms with Crippen molar-refractivity contribution in [2.24, 2.45) is 0 Å². The monoisotopic (exact) mass is 526 g/mol. The first-order valence-electron chi connectivity index (χ1n) is 10.4. The first-order valence-corrected chi connectivity index (χ1v) is 11.8. The number of benzene rings is 3. The summed E-state index contributed by atoms with van der Waals surface area (Å²) in [6.07, 6.45) is -4.74. The van der Waals surface area contributed by atoms with Gasteiger partial charge < -0.3 is 14.8 Å². The van der Waals surface area contributed by atoms with Gasteiger partial charge in [0.1, 0.15) is 12.4 Å². The summed E-state index contributed by atoms with van der Waals surface area (Å²) in [6.45, 7) is -0.870. The predicted molar refractivity (Wildman–Crippen MR) is 124 cm³/mol. The van der Waals surface area contributed by atoms with Gasteiger partial charge in [0.05, 0.1) is 30.4 Å². The van der Waals surface area contributed by atoms with E-state index in [-0.39, 0.29) is 28.6 Å². The van der Waals surface area contributed by atoms with Gasteiger partial charge in [0.15, 0.2) is 11.5 Å². The fourth-order valence-corrected chi connectivity index (χ4v) is 4.67. The molecule has 7 nitrogen and oxygen atoms in total. The number of methoxy groups -OCH3 is 2. The standard InChI is InChI=1S/C24H22F4N2O5S/c1-34-21-11-10-20(13-22(21)35-2)36(32,33)30(19-5-3-4-17(12-19)24(26,27)28)15-23(31)29-14-16-6-8-18(25)9-7-16/h3-13H,14-15H2,1-2H3,(H,29,31). The highest BCUT2D eigenvalue weighted by Gasteiger charge is 2.33. The van der Waals surface area contributed by atoms with Crippen LogP contribution in [0.5, 0.6) is 11.5 Å². The summed E-state index contributed by atoms with van der Waals surface area (Å²) in [6, 6.07) is 12.5. The summed E-state index contributed by atoms with van der Waals surface area (Å²) in [4.78, 5) is 12.4. The smallest absolute Gasteiger partial charge is 0.416 e. The van der Waals surface area contributed by atoms with Crippen LogP contribution in [0, 0.1) is 5.82 Å². The van der Waals surface area contributed by atoms with Crippen molar-refractivity contribution in [2.45, 2.75) is 17.6 Å². The van der Waals surface area contributed by atoms with Crippen molar-refractivity contribution in [3.8, 4) is 11.5 Å². The van der Waals surface area contributed by atoms with E-state index in [1.165, 1.54) is 50.6 Å². The average molecular weight is 527 g/mol. The second-order valence-corrected chi connectivity index (χ2v) is 9.34. The van der Waals surface area contributed by atoms with Gasteiger partial charge in [0.25, 0.3) is 10.0 Å². The van der Waals surface area contributed by atoms with E-state index in [0.717, 1.165) is 24.3 Å². The first-order chi connectivity index (χ1) is 17.0. The molecule has 36 heavy (non-hydrogen) atoms. The van der Waals surface area contributed by atoms with Gasteiger partial charge in [-0.1, -0.05) is 18.2 Å². The zero-order valence-corrected chi connectivity index (χ0v) is 20.0. The molecule has 3 rings (SSSR count). The minimum absolute atomic E-state index is 0.0497. The number of carbonyl (C=O) groups excluding carboxylic acids is 1. The van der Waals surface area contributed by atoms with Crippen LogP contribution in [0.4, 0.5) is 23.2 Å². The summed E-state index contributed by atoms with van der Waals surface area (Å²) >= 11 is 0. The molecule has 0 bridgehead atoms. The molecule has 0 aliphatic rings. The van der Waals surface area contributed by atoms with Crippen molar-refractivity contribution in [1.82, 2.24) is 5.32 Å². The number of hydrogen-bond acceptors (Lipinski definition) is 5. The van der Waals surface area contributed by atoms with E-state index in [9.17, 15) is 30.8 Å². The fraction of sp³-hybridized carbons (Fsp3) is 0.208. The molecule has 0 aliphatic carbocycles. The van der Waals surface area contributed by atoms with Crippen molar-refractivity contribution in [3.05, 3.63) is 83.7 Å². The Balaban J connectivity index is 1.98. The summed E-state index contributed by atoms with van der Waals surface area (Å²) in [5.74, 6) is -0.954. The van der Waals surface area contributed by atoms with E-state index >= 15 is 0 Å². The molecule has 12 heteroatoms. The number of anilines is 1. The third-order valence-corrected chi connectivity index (χ3v) is 6.86. The molecule has 1 N–H and O–H groups in total. The lowest BCUT2D eigenvalue weighted by Crippen LogP contribution is -2.40. The normalized spacial score (nSPS) is 11.6. The van der Waals surface area contributed by atoms with Crippen LogP contribution in [-0.2, 0) is 27.5 Å². The molecule has 3 aromatic rings. The van der Waals surface area contributed by atoms with E-state index < -0.39 is 40.0 Å². The van der Waals surface area contributed by atoms with E-state index in [2.05, 4.69) is 5.32 Å². The zero-order chi connectivity index (χ0) is 26.5. The Morgan fingerprint density at radius 2 is 1.61 bits per heavy atom. The molecular formula is C24H22F4N2O5S. The van der Waals surface area contributed by atoms with Crippen molar-refractivity contribution in [2.75, 3.05) is 25.1 Å². The molecule has 0 saturated carbocycles. The maximum Gasteiger partial charge on any atom is 0.416 e. The molecule has 0 atom stereocenters. The number of amides is 1. The van der Waals surface area contributed by atoms with Crippen LogP contribution in [0.25, 0.3) is 0 Å². The van der Waals surface area contributed by atoms with Gasteiger partial charge in [-0.15, -0.1) is 0 Å². The molecule has 0 fully saturated rings. The average Bonchev–Trinajstić information content (AvgIpc) is 2.85. The van der Waals surface area contributed by atoms with Crippen LogP contribution in [0.1, 0.15) is 11.1 Å². The fourth-order valence-electron chi connectivity index (χ4n) is 3.25. The van der Waals surface area contributed by atoms with Gasteiger partial charge in [-0.05, 0) is 48.0 Å². The molecule has 192 valence electrons. The lowest BCUT2D eigenvalue weighted by molar-refractivity contribution is -0.137. The third kappa shape index (κ3) is 6.25. The quantitative estimate of drug-likeness (QED) is 0.419. The van der Waals surface area contributed by atoms with E-state index in [4.69, 9.17) is 9.47 Å². The van der Waals surface area contributed by atoms with E-state index in [1.54, 1.807) is 0 Å². The van der Waals surface area contributed by atoms with Crippen LogP contribution >= 0.6 is 0 Å². The molecule has 3 aromatic carbocycles. The molecule has 0 aliphatic heterocycles. The summed E-state index contributed by atoms with van der Waals surface area (Å²) in [5.41, 5.74) is -0.908. The zero-order valence-electron chi connectivity index (χ0n) is 19.2. The lowest BCUT2D eigenvalue weighted by atomic mass is 10.2. The van der Waals surface area contributed by atoms with Gasteiger partial charge in [-0.2, -0.15) is 13.2 Å². The number of hydrogen-bond donors (Lipinski definition) is 1. The number of nitrogens with one attached hydrogen (secondary N) is 1. The minimum Gasteiger partial charge on any atom is -0.493 e. The van der Waals surface area contributed by atoms with E-state index in [1.807, 2.05) is 0 Å². The molecule has 0 unspecified atom stereocenters. The van der Waals surface area contributed by atoms with Gasteiger partial charge in [-0.3, -0.25) is 9.10 Å². The number of sulfonamides is 1. The maximum atomic E-state index is 13.5. The first kappa shape index (κ1) is 26.8. The van der Waals surface area contributed by atoms with Gasteiger partial charge >= 0.3 is 6.18 Å². The van der Waals surface area contributed by atoms with Crippen molar-refractivity contribution in [3.63, 3.8) is 0 Å². The maximum absolute atomic E-state index is 13.5. The van der Waals surface area contributed by atoms with Crippen LogP contribution in [0.2, 0.25) is 0 Å². The van der Waals surface area contributed by atoms with Gasteiger partial charge in [-0.25, -0.2) is 12.8 Å². The van der Waals surface area contributed by atoms with Crippen LogP contribution in [0.3, 0.4) is 0 Å². The number of alkyl halides is 3. The SMILES string of the molecule is COc1ccc(S(=O)(=O)N(CC(=O)NCc2ccc(F)cc2)c2cccc(C(F)(F)F)c2)cc1OC.